The van der Waals surface area contributed by atoms with E-state index in [2.05, 4.69) is 10.3 Å². The number of benzene rings is 2. The number of nitrogens with one attached hydrogen (secondary N) is 1. The van der Waals surface area contributed by atoms with E-state index in [-0.39, 0.29) is 28.8 Å². The Hall–Kier alpha value is -3.56. The smallest absolute Gasteiger partial charge is 0.339 e. The second-order valence-corrected chi connectivity index (χ2v) is 8.11. The lowest BCUT2D eigenvalue weighted by Crippen LogP contribution is -2.19. The Morgan fingerprint density at radius 3 is 2.75 bits per heavy atom. The monoisotopic (exact) mass is 472 g/mol. The van der Waals surface area contributed by atoms with Gasteiger partial charge >= 0.3 is 5.97 Å². The van der Waals surface area contributed by atoms with Crippen molar-refractivity contribution in [1.29, 1.82) is 0 Å². The zero-order chi connectivity index (χ0) is 22.8. The van der Waals surface area contributed by atoms with E-state index in [9.17, 15) is 19.1 Å². The molecule has 0 radical (unpaired) electrons. The lowest BCUT2D eigenvalue weighted by atomic mass is 10.1. The molecule has 3 aromatic rings. The van der Waals surface area contributed by atoms with E-state index in [1.54, 1.807) is 24.3 Å². The van der Waals surface area contributed by atoms with Gasteiger partial charge in [0.1, 0.15) is 28.7 Å². The summed E-state index contributed by atoms with van der Waals surface area (Å²) in [6.45, 7) is 0.171. The summed E-state index contributed by atoms with van der Waals surface area (Å²) in [4.78, 5) is 27.9. The highest BCUT2D eigenvalue weighted by molar-refractivity contribution is 8.18. The van der Waals surface area contributed by atoms with Gasteiger partial charge in [-0.25, -0.2) is 9.18 Å². The molecule has 10 heteroatoms. The standard InChI is InChI=1S/C22H14ClFN2O5S/c23-15-5-1-11(7-16(15)24)10-25-22-26-20(28)19(32-22)9-13-3-6-18(31-13)12-2-4-14(21(29)30)17(27)8-12/h1-9,27H,10H2,(H,29,30)(H,25,26,28)/b19-9-. The molecule has 7 nitrogen and oxygen atoms in total. The van der Waals surface area contributed by atoms with E-state index in [4.69, 9.17) is 21.1 Å². The van der Waals surface area contributed by atoms with Crippen molar-refractivity contribution in [2.75, 3.05) is 0 Å². The number of carboxylic acids is 1. The maximum Gasteiger partial charge on any atom is 0.339 e. The van der Waals surface area contributed by atoms with Gasteiger partial charge in [-0.1, -0.05) is 23.7 Å². The maximum absolute atomic E-state index is 13.5. The lowest BCUT2D eigenvalue weighted by Gasteiger charge is -2.02. The van der Waals surface area contributed by atoms with E-state index in [1.165, 1.54) is 30.3 Å². The summed E-state index contributed by atoms with van der Waals surface area (Å²) in [6.07, 6.45) is 1.54. The number of furan rings is 1. The molecule has 162 valence electrons. The zero-order valence-corrected chi connectivity index (χ0v) is 17.7. The predicted octanol–water partition coefficient (Wildman–Crippen LogP) is 4.90. The molecule has 1 fully saturated rings. The minimum Gasteiger partial charge on any atom is -0.507 e. The maximum atomic E-state index is 13.5. The van der Waals surface area contributed by atoms with Crippen LogP contribution >= 0.6 is 23.4 Å². The lowest BCUT2D eigenvalue weighted by molar-refractivity contribution is -0.115. The van der Waals surface area contributed by atoms with Gasteiger partial charge in [0.2, 0.25) is 0 Å². The van der Waals surface area contributed by atoms with Crippen LogP contribution in [0.25, 0.3) is 17.4 Å². The summed E-state index contributed by atoms with van der Waals surface area (Å²) in [5.41, 5.74) is 0.882. The van der Waals surface area contributed by atoms with Crippen LogP contribution in [0.2, 0.25) is 5.02 Å². The Morgan fingerprint density at radius 1 is 1.22 bits per heavy atom. The van der Waals surface area contributed by atoms with Crippen LogP contribution in [0.3, 0.4) is 0 Å². The highest BCUT2D eigenvalue weighted by Crippen LogP contribution is 2.31. The minimum absolute atomic E-state index is 0.0287. The average Bonchev–Trinajstić information content (AvgIpc) is 3.35. The quantitative estimate of drug-likeness (QED) is 0.455. The fourth-order valence-corrected chi connectivity index (χ4v) is 3.80. The number of nitrogens with zero attached hydrogens (tertiary/aromatic N) is 1. The third-order valence-corrected chi connectivity index (χ3v) is 5.71. The first-order valence-corrected chi connectivity index (χ1v) is 10.4. The first-order chi connectivity index (χ1) is 15.3. The molecule has 3 N–H and O–H groups in total. The van der Waals surface area contributed by atoms with E-state index in [0.717, 1.165) is 11.8 Å². The Balaban J connectivity index is 1.48. The predicted molar refractivity (Wildman–Crippen MR) is 119 cm³/mol. The number of aromatic hydroxyl groups is 1. The van der Waals surface area contributed by atoms with Crippen LogP contribution < -0.4 is 5.32 Å². The van der Waals surface area contributed by atoms with Crippen LogP contribution in [0.5, 0.6) is 5.75 Å². The Kier molecular flexibility index (Phi) is 6.02. The second kappa shape index (κ2) is 8.89. The molecule has 2 heterocycles. The summed E-state index contributed by atoms with van der Waals surface area (Å²) in [6, 6.07) is 11.8. The number of amidine groups is 1. The molecule has 1 saturated heterocycles. The molecule has 1 aromatic heterocycles. The van der Waals surface area contributed by atoms with E-state index < -0.39 is 11.8 Å². The highest BCUT2D eigenvalue weighted by atomic mass is 35.5. The molecule has 4 rings (SSSR count). The second-order valence-electron chi connectivity index (χ2n) is 6.67. The molecule has 0 unspecified atom stereocenters. The topological polar surface area (TPSA) is 112 Å². The van der Waals surface area contributed by atoms with Crippen LogP contribution in [0.4, 0.5) is 4.39 Å². The van der Waals surface area contributed by atoms with Gasteiger partial charge in [0.25, 0.3) is 5.91 Å². The molecule has 0 atom stereocenters. The van der Waals surface area contributed by atoms with Gasteiger partial charge in [-0.05, 0) is 53.7 Å². The number of aromatic carboxylic acids is 1. The van der Waals surface area contributed by atoms with Crippen molar-refractivity contribution >= 4 is 46.5 Å². The summed E-state index contributed by atoms with van der Waals surface area (Å²) in [5, 5.41) is 21.9. The molecule has 0 saturated carbocycles. The molecule has 0 bridgehead atoms. The first-order valence-electron chi connectivity index (χ1n) is 9.16. The van der Waals surface area contributed by atoms with Crippen LogP contribution in [0.1, 0.15) is 21.7 Å². The van der Waals surface area contributed by atoms with Crippen molar-refractivity contribution in [2.24, 2.45) is 4.99 Å². The molecular formula is C22H14ClFN2O5S. The number of hydrogen-bond acceptors (Lipinski definition) is 6. The molecule has 32 heavy (non-hydrogen) atoms. The number of thioether (sulfide) groups is 1. The van der Waals surface area contributed by atoms with E-state index in [1.807, 2.05) is 0 Å². The van der Waals surface area contributed by atoms with Crippen molar-refractivity contribution in [3.8, 4) is 17.1 Å². The number of amides is 1. The van der Waals surface area contributed by atoms with Crippen LogP contribution in [0.15, 0.2) is 62.8 Å². The first kappa shape index (κ1) is 21.7. The van der Waals surface area contributed by atoms with Crippen molar-refractivity contribution in [3.63, 3.8) is 0 Å². The normalized spacial score (nSPS) is 16.0. The fourth-order valence-electron chi connectivity index (χ4n) is 2.88. The Labute approximate surface area is 190 Å². The SMILES string of the molecule is O=C1NC(=NCc2ccc(Cl)c(F)c2)S/C1=C\c1ccc(-c2ccc(C(=O)O)c(O)c2)o1. The number of carbonyl (C=O) groups is 2. The summed E-state index contributed by atoms with van der Waals surface area (Å²) < 4.78 is 19.2. The summed E-state index contributed by atoms with van der Waals surface area (Å²) in [7, 11) is 0. The molecule has 1 aliphatic heterocycles. The number of rotatable bonds is 5. The molecular weight excluding hydrogens is 459 g/mol. The van der Waals surface area contributed by atoms with Crippen molar-refractivity contribution in [1.82, 2.24) is 5.32 Å². The molecule has 0 spiro atoms. The third kappa shape index (κ3) is 4.68. The van der Waals surface area contributed by atoms with Gasteiger partial charge in [-0.15, -0.1) is 0 Å². The zero-order valence-electron chi connectivity index (χ0n) is 16.1. The fraction of sp³-hybridized carbons (Fsp3) is 0.0455. The van der Waals surface area contributed by atoms with Gasteiger partial charge in [0.15, 0.2) is 5.17 Å². The number of hydrogen-bond donors (Lipinski definition) is 3. The van der Waals surface area contributed by atoms with Gasteiger partial charge < -0.3 is 19.9 Å². The van der Waals surface area contributed by atoms with Crippen LogP contribution in [0, 0.1) is 5.82 Å². The average molecular weight is 473 g/mol. The number of carboxylic acid groups (broad SMARTS) is 1. The largest absolute Gasteiger partial charge is 0.507 e. The third-order valence-electron chi connectivity index (χ3n) is 4.45. The summed E-state index contributed by atoms with van der Waals surface area (Å²) in [5.74, 6) is -1.71. The van der Waals surface area contributed by atoms with Crippen molar-refractivity contribution in [2.45, 2.75) is 6.54 Å². The Morgan fingerprint density at radius 2 is 2.03 bits per heavy atom. The van der Waals surface area contributed by atoms with Crippen LogP contribution in [-0.4, -0.2) is 27.3 Å². The molecule has 1 amide bonds. The van der Waals surface area contributed by atoms with Crippen molar-refractivity contribution in [3.05, 3.63) is 81.2 Å². The van der Waals surface area contributed by atoms with Crippen molar-refractivity contribution < 1.29 is 28.6 Å². The Bertz CT molecular complexity index is 1300. The highest BCUT2D eigenvalue weighted by Gasteiger charge is 2.24. The minimum atomic E-state index is -1.23. The van der Waals surface area contributed by atoms with Gasteiger partial charge in [-0.3, -0.25) is 9.79 Å². The van der Waals surface area contributed by atoms with Gasteiger partial charge in [-0.2, -0.15) is 0 Å². The number of phenols is 1. The number of halogens is 2. The summed E-state index contributed by atoms with van der Waals surface area (Å²) >= 11 is 6.79. The van der Waals surface area contributed by atoms with Gasteiger partial charge in [0.05, 0.1) is 16.5 Å². The molecule has 1 aliphatic rings. The number of carbonyl (C=O) groups excluding carboxylic acids is 1. The molecule has 2 aromatic carbocycles. The van der Waals surface area contributed by atoms with E-state index >= 15 is 0 Å². The molecule has 0 aliphatic carbocycles. The van der Waals surface area contributed by atoms with Crippen LogP contribution in [-0.2, 0) is 11.3 Å². The van der Waals surface area contributed by atoms with Gasteiger partial charge in [0, 0.05) is 11.6 Å². The van der Waals surface area contributed by atoms with E-state index in [0.29, 0.717) is 32.7 Å². The number of aliphatic imine (C=N–C) groups is 1.